The van der Waals surface area contributed by atoms with Gasteiger partial charge in [0.1, 0.15) is 0 Å². The summed E-state index contributed by atoms with van der Waals surface area (Å²) in [7, 11) is 0. The number of hydrogen-bond acceptors (Lipinski definition) is 2. The fraction of sp³-hybridized carbons (Fsp3) is 0.684. The third kappa shape index (κ3) is 8.23. The molecule has 0 spiro atoms. The predicted molar refractivity (Wildman–Crippen MR) is 91.4 cm³/mol. The second-order valence-electron chi connectivity index (χ2n) is 5.89. The summed E-state index contributed by atoms with van der Waals surface area (Å²) in [6.45, 7) is 9.05. The van der Waals surface area contributed by atoms with Crippen molar-refractivity contribution in [1.82, 2.24) is 5.32 Å². The van der Waals surface area contributed by atoms with Gasteiger partial charge in [-0.25, -0.2) is 0 Å². The van der Waals surface area contributed by atoms with Gasteiger partial charge in [0.2, 0.25) is 0 Å². The number of hydrogen-bond donors (Lipinski definition) is 1. The van der Waals surface area contributed by atoms with E-state index in [1.807, 2.05) is 6.92 Å². The first-order valence-electron chi connectivity index (χ1n) is 8.65. The predicted octanol–water partition coefficient (Wildman–Crippen LogP) is 5.06. The fourth-order valence-corrected chi connectivity index (χ4v) is 2.52. The van der Waals surface area contributed by atoms with Crippen molar-refractivity contribution in [2.24, 2.45) is 0 Å². The Labute approximate surface area is 131 Å². The van der Waals surface area contributed by atoms with Gasteiger partial charge in [-0.15, -0.1) is 0 Å². The molecule has 0 amide bonds. The zero-order valence-electron chi connectivity index (χ0n) is 14.2. The van der Waals surface area contributed by atoms with Gasteiger partial charge in [-0.1, -0.05) is 63.3 Å². The summed E-state index contributed by atoms with van der Waals surface area (Å²) in [6, 6.07) is 9.17. The molecule has 1 aromatic carbocycles. The van der Waals surface area contributed by atoms with Crippen LogP contribution in [0, 0.1) is 0 Å². The molecule has 2 nitrogen and oxygen atoms in total. The Balaban J connectivity index is 2.27. The van der Waals surface area contributed by atoms with Gasteiger partial charge in [0.25, 0.3) is 0 Å². The minimum absolute atomic E-state index is 0.590. The zero-order chi connectivity index (χ0) is 15.3. The number of ether oxygens (including phenoxy) is 1. The van der Waals surface area contributed by atoms with Gasteiger partial charge >= 0.3 is 0 Å². The highest BCUT2D eigenvalue weighted by atomic mass is 16.5. The maximum Gasteiger partial charge on any atom is 0.0719 e. The van der Waals surface area contributed by atoms with E-state index in [0.29, 0.717) is 6.04 Å². The SMILES string of the molecule is CCCCCCCC(C)NCc1ccccc1COCC. The van der Waals surface area contributed by atoms with E-state index < -0.39 is 0 Å². The molecule has 1 atom stereocenters. The van der Waals surface area contributed by atoms with Crippen LogP contribution in [0.3, 0.4) is 0 Å². The topological polar surface area (TPSA) is 21.3 Å². The summed E-state index contributed by atoms with van der Waals surface area (Å²) >= 11 is 0. The molecular formula is C19H33NO. The minimum atomic E-state index is 0.590. The largest absolute Gasteiger partial charge is 0.377 e. The molecule has 0 aromatic heterocycles. The minimum Gasteiger partial charge on any atom is -0.377 e. The Morgan fingerprint density at radius 2 is 1.71 bits per heavy atom. The van der Waals surface area contributed by atoms with Gasteiger partial charge in [0.05, 0.1) is 6.61 Å². The van der Waals surface area contributed by atoms with Crippen molar-refractivity contribution in [3.05, 3.63) is 35.4 Å². The number of nitrogens with one attached hydrogen (secondary N) is 1. The lowest BCUT2D eigenvalue weighted by Crippen LogP contribution is -2.25. The third-order valence-corrected chi connectivity index (χ3v) is 3.96. The molecule has 0 fully saturated rings. The van der Waals surface area contributed by atoms with Crippen molar-refractivity contribution >= 4 is 0 Å². The molecule has 120 valence electrons. The molecule has 1 aromatic rings. The van der Waals surface area contributed by atoms with Gasteiger partial charge in [0.15, 0.2) is 0 Å². The van der Waals surface area contributed by atoms with Crippen LogP contribution < -0.4 is 5.32 Å². The molecule has 1 rings (SSSR count). The first kappa shape index (κ1) is 18.2. The van der Waals surface area contributed by atoms with E-state index in [4.69, 9.17) is 4.74 Å². The van der Waals surface area contributed by atoms with Crippen molar-refractivity contribution in [2.45, 2.75) is 78.5 Å². The van der Waals surface area contributed by atoms with E-state index in [1.54, 1.807) is 0 Å². The average Bonchev–Trinajstić information content (AvgIpc) is 2.51. The first-order chi connectivity index (χ1) is 10.3. The second-order valence-corrected chi connectivity index (χ2v) is 5.89. The quantitative estimate of drug-likeness (QED) is 0.543. The Kier molecular flexibility index (Phi) is 10.2. The van der Waals surface area contributed by atoms with Crippen molar-refractivity contribution in [3.63, 3.8) is 0 Å². The zero-order valence-corrected chi connectivity index (χ0v) is 14.2. The Morgan fingerprint density at radius 3 is 2.43 bits per heavy atom. The van der Waals surface area contributed by atoms with Gasteiger partial charge in [0, 0.05) is 19.2 Å². The summed E-state index contributed by atoms with van der Waals surface area (Å²) in [4.78, 5) is 0. The van der Waals surface area contributed by atoms with Crippen molar-refractivity contribution < 1.29 is 4.74 Å². The van der Waals surface area contributed by atoms with Crippen LogP contribution in [0.15, 0.2) is 24.3 Å². The lowest BCUT2D eigenvalue weighted by atomic mass is 10.1. The molecule has 0 aliphatic rings. The highest BCUT2D eigenvalue weighted by molar-refractivity contribution is 5.26. The van der Waals surface area contributed by atoms with Crippen molar-refractivity contribution in [1.29, 1.82) is 0 Å². The molecule has 0 saturated heterocycles. The summed E-state index contributed by atoms with van der Waals surface area (Å²) in [5.74, 6) is 0. The van der Waals surface area contributed by atoms with Gasteiger partial charge in [-0.05, 0) is 31.4 Å². The molecule has 0 saturated carbocycles. The number of benzene rings is 1. The summed E-state index contributed by atoms with van der Waals surface area (Å²) in [5.41, 5.74) is 2.67. The molecule has 1 N–H and O–H groups in total. The van der Waals surface area contributed by atoms with Gasteiger partial charge < -0.3 is 10.1 Å². The standard InChI is InChI=1S/C19H33NO/c1-4-6-7-8-9-12-17(3)20-15-18-13-10-11-14-19(18)16-21-5-2/h10-11,13-14,17,20H,4-9,12,15-16H2,1-3H3. The Bertz CT molecular complexity index is 364. The van der Waals surface area contributed by atoms with Gasteiger partial charge in [-0.2, -0.15) is 0 Å². The van der Waals surface area contributed by atoms with Crippen molar-refractivity contribution in [3.8, 4) is 0 Å². The van der Waals surface area contributed by atoms with Crippen LogP contribution in [0.25, 0.3) is 0 Å². The fourth-order valence-electron chi connectivity index (χ4n) is 2.52. The molecule has 21 heavy (non-hydrogen) atoms. The highest BCUT2D eigenvalue weighted by Gasteiger charge is 2.05. The number of unbranched alkanes of at least 4 members (excludes halogenated alkanes) is 4. The van der Waals surface area contributed by atoms with Gasteiger partial charge in [-0.3, -0.25) is 0 Å². The first-order valence-corrected chi connectivity index (χ1v) is 8.65. The number of rotatable bonds is 12. The van der Waals surface area contributed by atoms with E-state index >= 15 is 0 Å². The van der Waals surface area contributed by atoms with Crippen LogP contribution in [0.4, 0.5) is 0 Å². The van der Waals surface area contributed by atoms with E-state index in [2.05, 4.69) is 43.4 Å². The second kappa shape index (κ2) is 11.8. The third-order valence-electron chi connectivity index (χ3n) is 3.96. The van der Waals surface area contributed by atoms with Crippen LogP contribution in [0.2, 0.25) is 0 Å². The molecule has 0 aliphatic heterocycles. The Morgan fingerprint density at radius 1 is 1.00 bits per heavy atom. The van der Waals surface area contributed by atoms with E-state index in [0.717, 1.165) is 19.8 Å². The summed E-state index contributed by atoms with van der Waals surface area (Å²) in [5, 5.41) is 3.65. The molecule has 2 heteroatoms. The lowest BCUT2D eigenvalue weighted by molar-refractivity contribution is 0.133. The molecule has 1 unspecified atom stereocenters. The molecule has 0 bridgehead atoms. The van der Waals surface area contributed by atoms with Crippen LogP contribution in [0.1, 0.15) is 70.4 Å². The maximum absolute atomic E-state index is 5.54. The van der Waals surface area contributed by atoms with Crippen LogP contribution in [-0.4, -0.2) is 12.6 Å². The normalized spacial score (nSPS) is 12.5. The van der Waals surface area contributed by atoms with Crippen LogP contribution in [-0.2, 0) is 17.9 Å². The smallest absolute Gasteiger partial charge is 0.0719 e. The molecule has 0 radical (unpaired) electrons. The maximum atomic E-state index is 5.54. The van der Waals surface area contributed by atoms with E-state index in [-0.39, 0.29) is 0 Å². The van der Waals surface area contributed by atoms with E-state index in [1.165, 1.54) is 49.7 Å². The van der Waals surface area contributed by atoms with Crippen LogP contribution in [0.5, 0.6) is 0 Å². The van der Waals surface area contributed by atoms with Crippen LogP contribution >= 0.6 is 0 Å². The highest BCUT2D eigenvalue weighted by Crippen LogP contribution is 2.12. The monoisotopic (exact) mass is 291 g/mol. The molecular weight excluding hydrogens is 258 g/mol. The molecule has 0 aliphatic carbocycles. The van der Waals surface area contributed by atoms with E-state index in [9.17, 15) is 0 Å². The summed E-state index contributed by atoms with van der Waals surface area (Å²) in [6.07, 6.45) is 8.09. The lowest BCUT2D eigenvalue weighted by Gasteiger charge is -2.16. The average molecular weight is 291 g/mol. The Hall–Kier alpha value is -0.860. The summed E-state index contributed by atoms with van der Waals surface area (Å²) < 4.78 is 5.54. The van der Waals surface area contributed by atoms with Crippen molar-refractivity contribution in [2.75, 3.05) is 6.61 Å². The molecule has 0 heterocycles.